The van der Waals surface area contributed by atoms with Gasteiger partial charge in [0.1, 0.15) is 0 Å². The molecule has 0 aliphatic carbocycles. The summed E-state index contributed by atoms with van der Waals surface area (Å²) in [4.78, 5) is 28.8. The van der Waals surface area contributed by atoms with Gasteiger partial charge in [-0.25, -0.2) is 4.79 Å². The molecule has 0 bridgehead atoms. The summed E-state index contributed by atoms with van der Waals surface area (Å²) in [5.74, 6) is -1.75. The number of carbonyl (C=O) groups is 3. The molecule has 0 rings (SSSR count). The van der Waals surface area contributed by atoms with Gasteiger partial charge in [0.15, 0.2) is 0 Å². The molecule has 6 heteroatoms. The predicted molar refractivity (Wildman–Crippen MR) is 63.8 cm³/mol. The lowest BCUT2D eigenvalue weighted by Crippen LogP contribution is -2.04. The van der Waals surface area contributed by atoms with Crippen molar-refractivity contribution in [1.82, 2.24) is 0 Å². The maximum absolute atomic E-state index is 9.75. The average Bonchev–Trinajstić information content (AvgIpc) is 2.19. The molecule has 0 spiro atoms. The van der Waals surface area contributed by atoms with Crippen LogP contribution in [0.15, 0.2) is 37.6 Å². The number of rotatable bonds is 3. The highest BCUT2D eigenvalue weighted by Gasteiger charge is 1.90. The zero-order valence-corrected chi connectivity index (χ0v) is 9.93. The van der Waals surface area contributed by atoms with Gasteiger partial charge in [0.05, 0.1) is 6.26 Å². The quantitative estimate of drug-likeness (QED) is 0.437. The van der Waals surface area contributed by atoms with Crippen LogP contribution in [0.1, 0.15) is 13.8 Å². The Morgan fingerprint density at radius 1 is 1.24 bits per heavy atom. The molecule has 0 fully saturated rings. The Balaban J connectivity index is -0.000000174. The number of amides is 1. The first-order valence-corrected chi connectivity index (χ1v) is 4.27. The number of carboxylic acids is 1. The van der Waals surface area contributed by atoms with Crippen LogP contribution in [0, 0.1) is 0 Å². The molecule has 0 saturated heterocycles. The molecule has 6 nitrogen and oxygen atoms in total. The van der Waals surface area contributed by atoms with E-state index in [1.165, 1.54) is 13.8 Å². The van der Waals surface area contributed by atoms with Crippen molar-refractivity contribution in [3.05, 3.63) is 37.6 Å². The molecular weight excluding hydrogens is 226 g/mol. The Morgan fingerprint density at radius 3 is 1.53 bits per heavy atom. The van der Waals surface area contributed by atoms with E-state index in [0.29, 0.717) is 0 Å². The maximum Gasteiger partial charge on any atom is 0.330 e. The number of nitrogens with two attached hydrogens (primary N) is 1. The SMILES string of the molecule is C=C(C)C(=O)O.C=CC(N)=O.C=COC(C)=O. The van der Waals surface area contributed by atoms with Crippen LogP contribution in [0.3, 0.4) is 0 Å². The fourth-order valence-electron chi connectivity index (χ4n) is 0.117. The fraction of sp³-hybridized carbons (Fsp3) is 0.182. The number of aliphatic carboxylic acids is 1. The van der Waals surface area contributed by atoms with Gasteiger partial charge in [-0.2, -0.15) is 0 Å². The van der Waals surface area contributed by atoms with Crippen LogP contribution in [0.4, 0.5) is 0 Å². The van der Waals surface area contributed by atoms with E-state index in [2.05, 4.69) is 30.2 Å². The molecule has 17 heavy (non-hydrogen) atoms. The smallest absolute Gasteiger partial charge is 0.330 e. The molecule has 0 radical (unpaired) electrons. The highest BCUT2D eigenvalue weighted by molar-refractivity contribution is 5.85. The third kappa shape index (κ3) is 41.9. The molecule has 0 heterocycles. The molecule has 0 saturated carbocycles. The molecule has 3 N–H and O–H groups in total. The monoisotopic (exact) mass is 243 g/mol. The zero-order chi connectivity index (χ0) is 14.4. The molecular formula is C11H17NO5. The first-order chi connectivity index (χ1) is 7.68. The standard InChI is InChI=1S/2C4H6O2.C3H5NO/c1-3-6-4(2)5;1-3(2)4(5)6;1-2-3(4)5/h3H,1H2,2H3;1H2,2H3,(H,5,6);2H,1H2,(H2,4,5). The normalized spacial score (nSPS) is 6.94. The van der Waals surface area contributed by atoms with E-state index >= 15 is 0 Å². The minimum atomic E-state index is -0.935. The van der Waals surface area contributed by atoms with Crippen molar-refractivity contribution >= 4 is 17.8 Å². The van der Waals surface area contributed by atoms with Crippen LogP contribution in [0.5, 0.6) is 0 Å². The van der Waals surface area contributed by atoms with Gasteiger partial charge in [-0.15, -0.1) is 0 Å². The molecule has 0 aromatic rings. The zero-order valence-electron chi connectivity index (χ0n) is 9.93. The van der Waals surface area contributed by atoms with Crippen LogP contribution in [-0.4, -0.2) is 23.0 Å². The van der Waals surface area contributed by atoms with Crippen molar-refractivity contribution in [1.29, 1.82) is 0 Å². The van der Waals surface area contributed by atoms with Crippen LogP contribution >= 0.6 is 0 Å². The van der Waals surface area contributed by atoms with Crippen LogP contribution in [-0.2, 0) is 19.1 Å². The number of hydrogen-bond acceptors (Lipinski definition) is 4. The van der Waals surface area contributed by atoms with Crippen molar-refractivity contribution < 1.29 is 24.2 Å². The highest BCUT2D eigenvalue weighted by Crippen LogP contribution is 1.81. The summed E-state index contributed by atoms with van der Waals surface area (Å²) in [6.45, 7) is 12.2. The third-order valence-corrected chi connectivity index (χ3v) is 0.816. The van der Waals surface area contributed by atoms with Crippen molar-refractivity contribution in [2.45, 2.75) is 13.8 Å². The maximum atomic E-state index is 9.75. The summed E-state index contributed by atoms with van der Waals surface area (Å²) in [6, 6.07) is 0. The summed E-state index contributed by atoms with van der Waals surface area (Å²) in [7, 11) is 0. The lowest BCUT2D eigenvalue weighted by atomic mass is 10.4. The van der Waals surface area contributed by atoms with E-state index < -0.39 is 11.9 Å². The molecule has 96 valence electrons. The number of ether oxygens (including phenoxy) is 1. The van der Waals surface area contributed by atoms with E-state index in [-0.39, 0.29) is 11.5 Å². The van der Waals surface area contributed by atoms with E-state index in [0.717, 1.165) is 12.3 Å². The highest BCUT2D eigenvalue weighted by atomic mass is 16.5. The van der Waals surface area contributed by atoms with Gasteiger partial charge in [-0.3, -0.25) is 9.59 Å². The van der Waals surface area contributed by atoms with Gasteiger partial charge < -0.3 is 15.6 Å². The Morgan fingerprint density at radius 2 is 1.53 bits per heavy atom. The van der Waals surface area contributed by atoms with Crippen LogP contribution < -0.4 is 5.73 Å². The van der Waals surface area contributed by atoms with Crippen molar-refractivity contribution in [2.24, 2.45) is 5.73 Å². The number of carbonyl (C=O) groups excluding carboxylic acids is 2. The van der Waals surface area contributed by atoms with Crippen molar-refractivity contribution in [3.8, 4) is 0 Å². The molecule has 0 aromatic heterocycles. The molecule has 0 unspecified atom stereocenters. The second-order valence-corrected chi connectivity index (χ2v) is 2.47. The van der Waals surface area contributed by atoms with Gasteiger partial charge >= 0.3 is 11.9 Å². The van der Waals surface area contributed by atoms with Crippen molar-refractivity contribution in [2.75, 3.05) is 0 Å². The summed E-state index contributed by atoms with van der Waals surface area (Å²) in [5.41, 5.74) is 4.71. The number of carboxylic acid groups (broad SMARTS) is 1. The van der Waals surface area contributed by atoms with Gasteiger partial charge in [-0.05, 0) is 13.0 Å². The first kappa shape index (κ1) is 20.1. The lowest BCUT2D eigenvalue weighted by molar-refractivity contribution is -0.135. The molecule has 0 aromatic carbocycles. The molecule has 0 aliphatic rings. The Kier molecular flexibility index (Phi) is 16.1. The summed E-state index contributed by atoms with van der Waals surface area (Å²) in [6.07, 6.45) is 2.16. The summed E-state index contributed by atoms with van der Waals surface area (Å²) < 4.78 is 4.17. The van der Waals surface area contributed by atoms with E-state index in [4.69, 9.17) is 5.11 Å². The topological polar surface area (TPSA) is 107 Å². The number of esters is 1. The van der Waals surface area contributed by atoms with E-state index in [1.54, 1.807) is 0 Å². The lowest BCUT2D eigenvalue weighted by Gasteiger charge is -1.83. The third-order valence-electron chi connectivity index (χ3n) is 0.816. The Labute approximate surface area is 100 Å². The largest absolute Gasteiger partial charge is 0.478 e. The first-order valence-electron chi connectivity index (χ1n) is 4.27. The average molecular weight is 243 g/mol. The number of hydrogen-bond donors (Lipinski definition) is 2. The van der Waals surface area contributed by atoms with E-state index in [9.17, 15) is 14.4 Å². The predicted octanol–water partition coefficient (Wildman–Crippen LogP) is 0.998. The summed E-state index contributed by atoms with van der Waals surface area (Å²) in [5, 5.41) is 7.89. The van der Waals surface area contributed by atoms with Crippen molar-refractivity contribution in [3.63, 3.8) is 0 Å². The molecule has 0 aliphatic heterocycles. The van der Waals surface area contributed by atoms with Gasteiger partial charge in [0.25, 0.3) is 0 Å². The number of primary amides is 1. The summed E-state index contributed by atoms with van der Waals surface area (Å²) >= 11 is 0. The Hall–Kier alpha value is -2.37. The second-order valence-electron chi connectivity index (χ2n) is 2.47. The van der Waals surface area contributed by atoms with Gasteiger partial charge in [0.2, 0.25) is 5.91 Å². The molecule has 1 amide bonds. The Bertz CT molecular complexity index is 295. The van der Waals surface area contributed by atoms with E-state index in [1.807, 2.05) is 0 Å². The molecule has 0 atom stereocenters. The van der Waals surface area contributed by atoms with Gasteiger partial charge in [0, 0.05) is 12.5 Å². The van der Waals surface area contributed by atoms with Crippen LogP contribution in [0.2, 0.25) is 0 Å². The minimum absolute atomic E-state index is 0.176. The van der Waals surface area contributed by atoms with Gasteiger partial charge in [-0.1, -0.05) is 19.7 Å². The van der Waals surface area contributed by atoms with Crippen LogP contribution in [0.25, 0.3) is 0 Å². The fourth-order valence-corrected chi connectivity index (χ4v) is 0.117. The minimum Gasteiger partial charge on any atom is -0.478 e. The second kappa shape index (κ2) is 13.6.